The molecule has 0 unspecified atom stereocenters. The number of aryl methyl sites for hydroxylation is 1. The standard InChI is InChI=1S/C15H26BrN3/c1-5-18(6-2)11-8-12-19(7-3)15-14(16)13(4)9-10-17-15/h9-10H,5-8,11-12H2,1-4H3. The predicted octanol–water partition coefficient (Wildman–Crippen LogP) is 3.71. The summed E-state index contributed by atoms with van der Waals surface area (Å²) in [6.45, 7) is 14.2. The molecule has 1 aromatic heterocycles. The van der Waals surface area contributed by atoms with Gasteiger partial charge in [-0.1, -0.05) is 13.8 Å². The van der Waals surface area contributed by atoms with Crippen LogP contribution < -0.4 is 4.90 Å². The van der Waals surface area contributed by atoms with Crippen LogP contribution in [0.25, 0.3) is 0 Å². The van der Waals surface area contributed by atoms with E-state index < -0.39 is 0 Å². The molecule has 0 amide bonds. The molecule has 0 aliphatic heterocycles. The maximum Gasteiger partial charge on any atom is 0.143 e. The van der Waals surface area contributed by atoms with Crippen molar-refractivity contribution >= 4 is 21.7 Å². The molecule has 0 aromatic carbocycles. The van der Waals surface area contributed by atoms with Crippen molar-refractivity contribution in [2.45, 2.75) is 34.1 Å². The van der Waals surface area contributed by atoms with Crippen molar-refractivity contribution < 1.29 is 0 Å². The molecular weight excluding hydrogens is 302 g/mol. The third-order valence-electron chi connectivity index (χ3n) is 3.54. The lowest BCUT2D eigenvalue weighted by atomic mass is 10.2. The highest BCUT2D eigenvalue weighted by Crippen LogP contribution is 2.26. The number of halogens is 1. The summed E-state index contributed by atoms with van der Waals surface area (Å²) < 4.78 is 1.12. The van der Waals surface area contributed by atoms with E-state index in [4.69, 9.17) is 0 Å². The van der Waals surface area contributed by atoms with Gasteiger partial charge in [0.1, 0.15) is 5.82 Å². The fourth-order valence-electron chi connectivity index (χ4n) is 2.19. The lowest BCUT2D eigenvalue weighted by molar-refractivity contribution is 0.300. The van der Waals surface area contributed by atoms with Crippen molar-refractivity contribution in [1.29, 1.82) is 0 Å². The summed E-state index contributed by atoms with van der Waals surface area (Å²) in [7, 11) is 0. The molecule has 0 N–H and O–H groups in total. The molecule has 0 saturated carbocycles. The molecule has 19 heavy (non-hydrogen) atoms. The fourth-order valence-corrected chi connectivity index (χ4v) is 2.67. The zero-order valence-corrected chi connectivity index (χ0v) is 14.2. The average Bonchev–Trinajstić information content (AvgIpc) is 2.43. The molecule has 1 rings (SSSR count). The van der Waals surface area contributed by atoms with Gasteiger partial charge in [0.25, 0.3) is 0 Å². The van der Waals surface area contributed by atoms with Gasteiger partial charge in [0.05, 0.1) is 4.47 Å². The van der Waals surface area contributed by atoms with Crippen LogP contribution >= 0.6 is 15.9 Å². The van der Waals surface area contributed by atoms with Crippen molar-refractivity contribution in [2.24, 2.45) is 0 Å². The van der Waals surface area contributed by atoms with Gasteiger partial charge in [0.2, 0.25) is 0 Å². The van der Waals surface area contributed by atoms with E-state index in [0.717, 1.165) is 43.0 Å². The zero-order chi connectivity index (χ0) is 14.3. The first-order chi connectivity index (χ1) is 9.13. The summed E-state index contributed by atoms with van der Waals surface area (Å²) >= 11 is 3.66. The Morgan fingerprint density at radius 1 is 1.11 bits per heavy atom. The highest BCUT2D eigenvalue weighted by Gasteiger charge is 2.11. The van der Waals surface area contributed by atoms with Gasteiger partial charge in [-0.25, -0.2) is 4.98 Å². The predicted molar refractivity (Wildman–Crippen MR) is 87.0 cm³/mol. The number of rotatable bonds is 8. The Morgan fingerprint density at radius 3 is 2.37 bits per heavy atom. The van der Waals surface area contributed by atoms with Gasteiger partial charge >= 0.3 is 0 Å². The minimum absolute atomic E-state index is 0.993. The molecule has 1 heterocycles. The third-order valence-corrected chi connectivity index (χ3v) is 4.52. The first-order valence-electron chi connectivity index (χ1n) is 7.22. The molecule has 0 aliphatic rings. The highest BCUT2D eigenvalue weighted by atomic mass is 79.9. The molecule has 3 nitrogen and oxygen atoms in total. The Hall–Kier alpha value is -0.610. The van der Waals surface area contributed by atoms with E-state index in [1.54, 1.807) is 0 Å². The van der Waals surface area contributed by atoms with Gasteiger partial charge in [-0.3, -0.25) is 0 Å². The second kappa shape index (κ2) is 8.54. The van der Waals surface area contributed by atoms with Gasteiger partial charge in [0.15, 0.2) is 0 Å². The molecule has 0 saturated heterocycles. The van der Waals surface area contributed by atoms with Crippen LogP contribution in [0.15, 0.2) is 16.7 Å². The molecule has 0 atom stereocenters. The van der Waals surface area contributed by atoms with Crippen LogP contribution in [-0.4, -0.2) is 42.6 Å². The average molecular weight is 328 g/mol. The summed E-state index contributed by atoms with van der Waals surface area (Å²) in [5, 5.41) is 0. The van der Waals surface area contributed by atoms with Gasteiger partial charge in [0, 0.05) is 19.3 Å². The number of hydrogen-bond donors (Lipinski definition) is 0. The van der Waals surface area contributed by atoms with E-state index in [-0.39, 0.29) is 0 Å². The second-order valence-corrected chi connectivity index (χ2v) is 5.52. The summed E-state index contributed by atoms with van der Waals surface area (Å²) in [6.07, 6.45) is 3.07. The lowest BCUT2D eigenvalue weighted by Gasteiger charge is -2.25. The highest BCUT2D eigenvalue weighted by molar-refractivity contribution is 9.10. The van der Waals surface area contributed by atoms with E-state index in [0.29, 0.717) is 0 Å². The van der Waals surface area contributed by atoms with Crippen molar-refractivity contribution in [2.75, 3.05) is 37.6 Å². The SMILES string of the molecule is CCN(CC)CCCN(CC)c1nccc(C)c1Br. The Kier molecular flexibility index (Phi) is 7.39. The topological polar surface area (TPSA) is 19.4 Å². The first kappa shape index (κ1) is 16.4. The number of aromatic nitrogens is 1. The van der Waals surface area contributed by atoms with Crippen LogP contribution in [0.5, 0.6) is 0 Å². The minimum atomic E-state index is 0.993. The molecular formula is C15H26BrN3. The zero-order valence-electron chi connectivity index (χ0n) is 12.6. The molecule has 0 fully saturated rings. The molecule has 108 valence electrons. The van der Waals surface area contributed by atoms with Crippen molar-refractivity contribution in [3.05, 3.63) is 22.3 Å². The van der Waals surface area contributed by atoms with E-state index in [2.05, 4.69) is 58.4 Å². The van der Waals surface area contributed by atoms with Crippen molar-refractivity contribution in [1.82, 2.24) is 9.88 Å². The van der Waals surface area contributed by atoms with E-state index >= 15 is 0 Å². The first-order valence-corrected chi connectivity index (χ1v) is 8.01. The molecule has 0 aliphatic carbocycles. The Labute approximate surface area is 126 Å². The van der Waals surface area contributed by atoms with E-state index in [9.17, 15) is 0 Å². The monoisotopic (exact) mass is 327 g/mol. The Balaban J connectivity index is 2.61. The maximum atomic E-state index is 4.51. The molecule has 0 spiro atoms. The fraction of sp³-hybridized carbons (Fsp3) is 0.667. The van der Waals surface area contributed by atoms with Crippen LogP contribution in [0.2, 0.25) is 0 Å². The van der Waals surface area contributed by atoms with Crippen LogP contribution in [-0.2, 0) is 0 Å². The summed E-state index contributed by atoms with van der Waals surface area (Å²) in [4.78, 5) is 9.33. The second-order valence-electron chi connectivity index (χ2n) is 4.73. The molecule has 0 bridgehead atoms. The third kappa shape index (κ3) is 4.77. The van der Waals surface area contributed by atoms with Crippen molar-refractivity contribution in [3.8, 4) is 0 Å². The quantitative estimate of drug-likeness (QED) is 0.725. The maximum absolute atomic E-state index is 4.51. The number of hydrogen-bond acceptors (Lipinski definition) is 3. The van der Waals surface area contributed by atoms with Gasteiger partial charge in [-0.05, 0) is 67.5 Å². The number of anilines is 1. The minimum Gasteiger partial charge on any atom is -0.356 e. The van der Waals surface area contributed by atoms with Crippen LogP contribution in [0.1, 0.15) is 32.8 Å². The summed E-state index contributed by atoms with van der Waals surface area (Å²) in [5.74, 6) is 1.07. The number of nitrogens with zero attached hydrogens (tertiary/aromatic N) is 3. The summed E-state index contributed by atoms with van der Waals surface area (Å²) in [5.41, 5.74) is 1.24. The van der Waals surface area contributed by atoms with Crippen LogP contribution in [0.4, 0.5) is 5.82 Å². The van der Waals surface area contributed by atoms with E-state index in [1.807, 2.05) is 12.3 Å². The van der Waals surface area contributed by atoms with Crippen LogP contribution in [0, 0.1) is 6.92 Å². The normalized spacial score (nSPS) is 11.1. The lowest BCUT2D eigenvalue weighted by Crippen LogP contribution is -2.30. The Bertz CT molecular complexity index is 378. The van der Waals surface area contributed by atoms with Gasteiger partial charge in [-0.15, -0.1) is 0 Å². The Morgan fingerprint density at radius 2 is 1.79 bits per heavy atom. The van der Waals surface area contributed by atoms with Crippen LogP contribution in [0.3, 0.4) is 0 Å². The number of pyridine rings is 1. The van der Waals surface area contributed by atoms with Crippen molar-refractivity contribution in [3.63, 3.8) is 0 Å². The smallest absolute Gasteiger partial charge is 0.143 e. The largest absolute Gasteiger partial charge is 0.356 e. The van der Waals surface area contributed by atoms with Gasteiger partial charge in [-0.2, -0.15) is 0 Å². The van der Waals surface area contributed by atoms with Gasteiger partial charge < -0.3 is 9.80 Å². The molecule has 1 aromatic rings. The van der Waals surface area contributed by atoms with E-state index in [1.165, 1.54) is 12.0 Å². The molecule has 0 radical (unpaired) electrons. The molecule has 4 heteroatoms. The summed E-state index contributed by atoms with van der Waals surface area (Å²) in [6, 6.07) is 2.04.